The molecule has 0 saturated carbocycles. The van der Waals surface area contributed by atoms with E-state index in [0.29, 0.717) is 10.0 Å². The standard InChI is InChI=1S/C20H17BrFN3O4/c1-11(26)23-12-7-8-13(16(22)9-12)17(27)10-25-18(28)20(2,24-19(25)29)14-5-3-4-6-15(14)21/h3-9H,10H2,1-2H3,(H,23,26)(H,24,29). The number of hydrogen-bond donors (Lipinski definition) is 2. The van der Waals surface area contributed by atoms with Crippen LogP contribution in [-0.2, 0) is 15.1 Å². The van der Waals surface area contributed by atoms with Gasteiger partial charge in [-0.3, -0.25) is 19.3 Å². The van der Waals surface area contributed by atoms with Gasteiger partial charge in [-0.05, 0) is 31.2 Å². The summed E-state index contributed by atoms with van der Waals surface area (Å²) in [4.78, 5) is 49.7. The Balaban J connectivity index is 1.83. The molecule has 1 fully saturated rings. The molecule has 1 aliphatic rings. The van der Waals surface area contributed by atoms with Gasteiger partial charge in [0.2, 0.25) is 5.91 Å². The van der Waals surface area contributed by atoms with E-state index < -0.39 is 35.6 Å². The van der Waals surface area contributed by atoms with Crippen LogP contribution in [0.25, 0.3) is 0 Å². The van der Waals surface area contributed by atoms with E-state index in [0.717, 1.165) is 11.0 Å². The molecule has 2 N–H and O–H groups in total. The number of imide groups is 1. The van der Waals surface area contributed by atoms with Gasteiger partial charge in [-0.2, -0.15) is 0 Å². The van der Waals surface area contributed by atoms with Crippen molar-refractivity contribution in [1.29, 1.82) is 0 Å². The van der Waals surface area contributed by atoms with Gasteiger partial charge in [0.15, 0.2) is 5.78 Å². The molecule has 1 heterocycles. The van der Waals surface area contributed by atoms with Crippen molar-refractivity contribution in [1.82, 2.24) is 10.2 Å². The normalized spacial score (nSPS) is 18.6. The number of ketones is 1. The van der Waals surface area contributed by atoms with E-state index in [9.17, 15) is 23.6 Å². The largest absolute Gasteiger partial charge is 0.326 e. The van der Waals surface area contributed by atoms with Crippen LogP contribution in [0, 0.1) is 5.82 Å². The van der Waals surface area contributed by atoms with E-state index in [1.807, 2.05) is 0 Å². The molecule has 0 bridgehead atoms. The molecule has 0 aliphatic carbocycles. The monoisotopic (exact) mass is 461 g/mol. The SMILES string of the molecule is CC(=O)Nc1ccc(C(=O)CN2C(=O)NC(C)(c3ccccc3Br)C2=O)c(F)c1. The molecule has 7 nitrogen and oxygen atoms in total. The van der Waals surface area contributed by atoms with Crippen LogP contribution in [0.1, 0.15) is 29.8 Å². The van der Waals surface area contributed by atoms with Gasteiger partial charge >= 0.3 is 6.03 Å². The minimum Gasteiger partial charge on any atom is -0.326 e. The molecule has 2 aromatic rings. The fourth-order valence-corrected chi connectivity index (χ4v) is 3.82. The van der Waals surface area contributed by atoms with Gasteiger partial charge in [0.05, 0.1) is 12.1 Å². The van der Waals surface area contributed by atoms with Crippen LogP contribution in [-0.4, -0.2) is 35.1 Å². The Labute approximate surface area is 174 Å². The van der Waals surface area contributed by atoms with Crippen LogP contribution in [0.3, 0.4) is 0 Å². The smallest absolute Gasteiger partial charge is 0.325 e. The lowest BCUT2D eigenvalue weighted by atomic mass is 9.92. The molecule has 1 aliphatic heterocycles. The molecule has 29 heavy (non-hydrogen) atoms. The number of nitrogens with zero attached hydrogens (tertiary/aromatic N) is 1. The van der Waals surface area contributed by atoms with Gasteiger partial charge < -0.3 is 10.6 Å². The van der Waals surface area contributed by atoms with Crippen LogP contribution in [0.4, 0.5) is 14.9 Å². The summed E-state index contributed by atoms with van der Waals surface area (Å²) in [6, 6.07) is 9.76. The minimum absolute atomic E-state index is 0.197. The van der Waals surface area contributed by atoms with Crippen molar-refractivity contribution in [3.05, 3.63) is 63.9 Å². The van der Waals surface area contributed by atoms with Gasteiger partial charge in [-0.15, -0.1) is 0 Å². The highest BCUT2D eigenvalue weighted by Gasteiger charge is 2.50. The van der Waals surface area contributed by atoms with Crippen LogP contribution in [0.5, 0.6) is 0 Å². The fraction of sp³-hybridized carbons (Fsp3) is 0.200. The fourth-order valence-electron chi connectivity index (χ4n) is 3.14. The average Bonchev–Trinajstić information content (AvgIpc) is 2.85. The molecular formula is C20H17BrFN3O4. The molecule has 150 valence electrons. The van der Waals surface area contributed by atoms with Gasteiger partial charge in [0, 0.05) is 22.6 Å². The van der Waals surface area contributed by atoms with Crippen LogP contribution in [0.15, 0.2) is 46.9 Å². The summed E-state index contributed by atoms with van der Waals surface area (Å²) in [7, 11) is 0. The average molecular weight is 462 g/mol. The molecule has 2 aromatic carbocycles. The summed E-state index contributed by atoms with van der Waals surface area (Å²) in [5.74, 6) is -2.59. The van der Waals surface area contributed by atoms with Gasteiger partial charge in [0.25, 0.3) is 5.91 Å². The second kappa shape index (κ2) is 7.75. The lowest BCUT2D eigenvalue weighted by Crippen LogP contribution is -2.41. The Kier molecular flexibility index (Phi) is 5.52. The van der Waals surface area contributed by atoms with Crippen LogP contribution >= 0.6 is 15.9 Å². The van der Waals surface area contributed by atoms with E-state index in [4.69, 9.17) is 0 Å². The number of benzene rings is 2. The lowest BCUT2D eigenvalue weighted by Gasteiger charge is -2.23. The first-order valence-electron chi connectivity index (χ1n) is 8.63. The second-order valence-electron chi connectivity index (χ2n) is 6.73. The lowest BCUT2D eigenvalue weighted by molar-refractivity contribution is -0.130. The predicted molar refractivity (Wildman–Crippen MR) is 107 cm³/mol. The van der Waals surface area contributed by atoms with Crippen LogP contribution in [0.2, 0.25) is 0 Å². The molecule has 1 unspecified atom stereocenters. The number of carbonyl (C=O) groups is 4. The highest BCUT2D eigenvalue weighted by atomic mass is 79.9. The van der Waals surface area contributed by atoms with Crippen molar-refractivity contribution in [2.45, 2.75) is 19.4 Å². The number of hydrogen-bond acceptors (Lipinski definition) is 4. The quantitative estimate of drug-likeness (QED) is 0.527. The van der Waals surface area contributed by atoms with Crippen molar-refractivity contribution >= 4 is 45.2 Å². The van der Waals surface area contributed by atoms with E-state index in [1.165, 1.54) is 19.1 Å². The van der Waals surface area contributed by atoms with Gasteiger partial charge in [-0.25, -0.2) is 9.18 Å². The number of nitrogens with one attached hydrogen (secondary N) is 2. The molecule has 0 spiro atoms. The van der Waals surface area contributed by atoms with Gasteiger partial charge in [0.1, 0.15) is 11.4 Å². The van der Waals surface area contributed by atoms with Crippen molar-refractivity contribution < 1.29 is 23.6 Å². The number of amides is 4. The number of carbonyl (C=O) groups excluding carboxylic acids is 4. The predicted octanol–water partition coefficient (Wildman–Crippen LogP) is 3.20. The third-order valence-corrected chi connectivity index (χ3v) is 5.27. The summed E-state index contributed by atoms with van der Waals surface area (Å²) < 4.78 is 14.9. The topological polar surface area (TPSA) is 95.6 Å². The number of anilines is 1. The van der Waals surface area contributed by atoms with E-state index >= 15 is 0 Å². The maximum absolute atomic E-state index is 14.3. The number of urea groups is 1. The summed E-state index contributed by atoms with van der Waals surface area (Å²) in [5, 5.41) is 5.01. The Morgan fingerprint density at radius 3 is 2.52 bits per heavy atom. The second-order valence-corrected chi connectivity index (χ2v) is 7.58. The molecule has 9 heteroatoms. The van der Waals surface area contributed by atoms with Crippen LogP contribution < -0.4 is 10.6 Å². The zero-order valence-electron chi connectivity index (χ0n) is 15.6. The number of rotatable bonds is 5. The Morgan fingerprint density at radius 2 is 1.90 bits per heavy atom. The van der Waals surface area contributed by atoms with Crippen molar-refractivity contribution in [3.63, 3.8) is 0 Å². The van der Waals surface area contributed by atoms with Crippen molar-refractivity contribution in [2.24, 2.45) is 0 Å². The first-order chi connectivity index (χ1) is 13.6. The zero-order chi connectivity index (χ0) is 21.3. The van der Waals surface area contributed by atoms with E-state index in [1.54, 1.807) is 31.2 Å². The molecule has 0 radical (unpaired) electrons. The molecular weight excluding hydrogens is 445 g/mol. The highest BCUT2D eigenvalue weighted by molar-refractivity contribution is 9.10. The maximum atomic E-state index is 14.3. The number of halogens is 2. The van der Waals surface area contributed by atoms with Crippen molar-refractivity contribution in [2.75, 3.05) is 11.9 Å². The van der Waals surface area contributed by atoms with E-state index in [-0.39, 0.29) is 17.2 Å². The number of Topliss-reactive ketones (excluding diaryl/α,β-unsaturated/α-hetero) is 1. The molecule has 1 atom stereocenters. The molecule has 3 rings (SSSR count). The molecule has 1 saturated heterocycles. The maximum Gasteiger partial charge on any atom is 0.325 e. The zero-order valence-corrected chi connectivity index (χ0v) is 17.2. The van der Waals surface area contributed by atoms with Gasteiger partial charge in [-0.1, -0.05) is 34.1 Å². The molecule has 4 amide bonds. The molecule has 0 aromatic heterocycles. The Bertz CT molecular complexity index is 1040. The summed E-state index contributed by atoms with van der Waals surface area (Å²) >= 11 is 3.36. The summed E-state index contributed by atoms with van der Waals surface area (Å²) in [5.41, 5.74) is -0.901. The third kappa shape index (κ3) is 3.91. The highest BCUT2D eigenvalue weighted by Crippen LogP contribution is 2.33. The summed E-state index contributed by atoms with van der Waals surface area (Å²) in [6.45, 7) is 2.21. The Morgan fingerprint density at radius 1 is 1.21 bits per heavy atom. The first-order valence-corrected chi connectivity index (χ1v) is 9.42. The van der Waals surface area contributed by atoms with E-state index in [2.05, 4.69) is 26.6 Å². The van der Waals surface area contributed by atoms with Crippen molar-refractivity contribution in [3.8, 4) is 0 Å². The minimum atomic E-state index is -1.36. The Hall–Kier alpha value is -3.07. The first kappa shape index (κ1) is 20.7. The third-order valence-electron chi connectivity index (χ3n) is 4.58. The summed E-state index contributed by atoms with van der Waals surface area (Å²) in [6.07, 6.45) is 0.